The van der Waals surface area contributed by atoms with Crippen molar-refractivity contribution in [2.45, 2.75) is 182 Å². The first-order valence-electron chi connectivity index (χ1n) is 29.7. The van der Waals surface area contributed by atoms with Gasteiger partial charge in [0.2, 0.25) is 5.91 Å². The fourth-order valence-electron chi connectivity index (χ4n) is 9.99. The van der Waals surface area contributed by atoms with Crippen LogP contribution in [0.3, 0.4) is 0 Å². The summed E-state index contributed by atoms with van der Waals surface area (Å²) >= 11 is 0. The first-order chi connectivity index (χ1) is 40.7. The van der Waals surface area contributed by atoms with Crippen LogP contribution in [0, 0.1) is 11.8 Å². The Kier molecular flexibility index (Phi) is 24.0. The normalized spacial score (nSPS) is 20.7. The van der Waals surface area contributed by atoms with Gasteiger partial charge >= 0.3 is 24.0 Å². The third kappa shape index (κ3) is 19.7. The largest absolute Gasteiger partial charge is 0.480 e. The SMILES string of the molecule is CC(C)[C@@H]1OC(=O)CCc2ccc(cc2)-c2cccc(c2)[C@@H](C)NC(=O)[C@@H]2CCCN(N2)C(=O)[C@H](C)NC1=O.CC(C)[C@H](OC(=O)CCc1ccc(-c2cccc([C@@H](C)NC(=O)OC(C)(C)C)c2)cc1)C(=O)N[C@@H](C)C(=O)N1CCC[C@@H](C(=O)O)N1. The van der Waals surface area contributed by atoms with E-state index in [0.717, 1.165) is 44.5 Å². The predicted molar refractivity (Wildman–Crippen MR) is 323 cm³/mol. The highest BCUT2D eigenvalue weighted by Gasteiger charge is 2.36. The molecule has 8 rings (SSSR count). The second-order valence-electron chi connectivity index (χ2n) is 24.0. The summed E-state index contributed by atoms with van der Waals surface area (Å²) in [5.74, 6) is -4.82. The molecule has 4 aromatic carbocycles. The van der Waals surface area contributed by atoms with E-state index in [2.05, 4.69) is 38.2 Å². The second kappa shape index (κ2) is 30.8. The van der Waals surface area contributed by atoms with Crippen molar-refractivity contribution >= 4 is 53.5 Å². The predicted octanol–water partition coefficient (Wildman–Crippen LogP) is 7.57. The Bertz CT molecular complexity index is 3030. The van der Waals surface area contributed by atoms with Crippen molar-refractivity contribution in [3.63, 3.8) is 0 Å². The van der Waals surface area contributed by atoms with E-state index >= 15 is 0 Å². The lowest BCUT2D eigenvalue weighted by Gasteiger charge is -2.35. The maximum atomic E-state index is 13.1. The molecule has 0 saturated carbocycles. The minimum atomic E-state index is -1.10. The summed E-state index contributed by atoms with van der Waals surface area (Å²) in [6.45, 7) is 20.2. The van der Waals surface area contributed by atoms with E-state index < -0.39 is 83.7 Å². The van der Waals surface area contributed by atoms with E-state index in [1.165, 1.54) is 16.9 Å². The number of alkyl carbamates (subject to hydrolysis) is 1. The molecule has 4 aliphatic heterocycles. The Balaban J connectivity index is 0.000000280. The van der Waals surface area contributed by atoms with Crippen molar-refractivity contribution in [2.24, 2.45) is 11.8 Å². The molecule has 0 aliphatic carbocycles. The van der Waals surface area contributed by atoms with E-state index in [0.29, 0.717) is 51.6 Å². The molecule has 2 saturated heterocycles. The molecule has 2 fully saturated rings. The third-order valence-electron chi connectivity index (χ3n) is 14.9. The number of carbonyl (C=O) groups is 9. The van der Waals surface area contributed by atoms with Crippen LogP contribution in [0.4, 0.5) is 4.79 Å². The molecule has 6 amide bonds. The highest BCUT2D eigenvalue weighted by molar-refractivity contribution is 5.92. The number of carbonyl (C=O) groups excluding carboxylic acids is 8. The van der Waals surface area contributed by atoms with Gasteiger partial charge in [0.1, 0.15) is 29.8 Å². The summed E-state index contributed by atoms with van der Waals surface area (Å²) in [6, 6.07) is 27.9. The number of hydrogen-bond donors (Lipinski definition) is 7. The maximum absolute atomic E-state index is 13.1. The summed E-state index contributed by atoms with van der Waals surface area (Å²) in [6.07, 6.45) is 0.629. The van der Waals surface area contributed by atoms with Crippen LogP contribution in [0.25, 0.3) is 22.3 Å². The van der Waals surface area contributed by atoms with Crippen molar-refractivity contribution < 1.29 is 62.5 Å². The second-order valence-corrected chi connectivity index (χ2v) is 24.0. The van der Waals surface area contributed by atoms with Gasteiger partial charge in [-0.3, -0.25) is 48.4 Å². The number of nitrogens with zero attached hydrogens (tertiary/aromatic N) is 2. The number of fused-ring (bicyclic) bond motifs is 12. The van der Waals surface area contributed by atoms with E-state index in [1.807, 2.05) is 126 Å². The topological polar surface area (TPSA) is 280 Å². The first kappa shape index (κ1) is 67.0. The van der Waals surface area contributed by atoms with Crippen LogP contribution in [-0.4, -0.2) is 124 Å². The average Bonchev–Trinajstić information content (AvgIpc) is 2.71. The van der Waals surface area contributed by atoms with Gasteiger partial charge in [-0.05, 0) is 155 Å². The standard InChI is InChI=1S/C35H48N4O8.C30H38N4O5/c1-21(2)30(31(41)36-23(4)32(42)39-19-9-12-28(38-39)33(43)44)46-29(40)18-15-24-13-16-25(17-14-24)27-11-8-10-26(20-27)22(3)37-34(45)47-35(5,6)7;1-18(2)27-29(37)32-20(4)30(38)34-16-6-9-25(33-34)28(36)31-19(3)23-7-5-8-24(17-23)22-13-10-21(11-14-22)12-15-26(35)39-27/h8,10-11,13-14,16-17,20-23,28,30,38H,9,12,15,18-19H2,1-7H3,(H,36,41)(H,37,45)(H,43,44);5,7-8,10-11,13-14,17-20,25,27,33H,6,9,12,15-16H2,1-4H3,(H,31,36)(H,32,37)/t22-,23+,28+,30+;19-,20+,25+,27+/m11/s1. The first-order valence-corrected chi connectivity index (χ1v) is 29.7. The van der Waals surface area contributed by atoms with Crippen LogP contribution in [0.2, 0.25) is 0 Å². The Hall–Kier alpha value is -8.17. The van der Waals surface area contributed by atoms with Gasteiger partial charge in [-0.25, -0.2) is 15.6 Å². The van der Waals surface area contributed by atoms with Gasteiger partial charge in [0, 0.05) is 25.9 Å². The smallest absolute Gasteiger partial charge is 0.408 e. The number of hydrogen-bond acceptors (Lipinski definition) is 14. The molecule has 21 heteroatoms. The number of benzene rings is 4. The molecule has 0 spiro atoms. The van der Waals surface area contributed by atoms with Gasteiger partial charge in [-0.2, -0.15) is 0 Å². The molecule has 0 radical (unpaired) electrons. The van der Waals surface area contributed by atoms with Crippen molar-refractivity contribution in [1.29, 1.82) is 0 Å². The number of aliphatic carboxylic acids is 1. The fraction of sp³-hybridized carbons (Fsp3) is 0.492. The van der Waals surface area contributed by atoms with E-state index in [1.54, 1.807) is 34.6 Å². The summed E-state index contributed by atoms with van der Waals surface area (Å²) in [5.41, 5.74) is 12.9. The number of carboxylic acid groups (broad SMARTS) is 1. The van der Waals surface area contributed by atoms with E-state index in [4.69, 9.17) is 14.2 Å². The van der Waals surface area contributed by atoms with Crippen molar-refractivity contribution in [1.82, 2.24) is 42.1 Å². The van der Waals surface area contributed by atoms with Crippen molar-refractivity contribution in [3.05, 3.63) is 119 Å². The molecule has 0 aromatic heterocycles. The summed E-state index contributed by atoms with van der Waals surface area (Å²) < 4.78 is 16.5. The van der Waals surface area contributed by atoms with Gasteiger partial charge in [0.15, 0.2) is 12.2 Å². The van der Waals surface area contributed by atoms with Crippen LogP contribution in [-0.2, 0) is 65.4 Å². The van der Waals surface area contributed by atoms with Gasteiger partial charge in [0.25, 0.3) is 23.6 Å². The minimum Gasteiger partial charge on any atom is -0.480 e. The lowest BCUT2D eigenvalue weighted by molar-refractivity contribution is -0.159. The molecule has 0 unspecified atom stereocenters. The average molecular weight is 1190 g/mol. The molecule has 4 aromatic rings. The zero-order valence-corrected chi connectivity index (χ0v) is 51.3. The van der Waals surface area contributed by atoms with Crippen LogP contribution in [0.1, 0.15) is 149 Å². The molecule has 21 nitrogen and oxygen atoms in total. The summed E-state index contributed by atoms with van der Waals surface area (Å²) in [7, 11) is 0. The Morgan fingerprint density at radius 2 is 1.35 bits per heavy atom. The Morgan fingerprint density at radius 3 is 1.99 bits per heavy atom. The number of aryl methyl sites for hydroxylation is 2. The lowest BCUT2D eigenvalue weighted by Crippen LogP contribution is -2.61. The highest BCUT2D eigenvalue weighted by atomic mass is 16.6. The van der Waals surface area contributed by atoms with Gasteiger partial charge in [0.05, 0.1) is 12.1 Å². The number of nitrogens with one attached hydrogen (secondary N) is 6. The number of hydrazine groups is 2. The number of carboxylic acids is 1. The molecule has 4 heterocycles. The lowest BCUT2D eigenvalue weighted by atomic mass is 9.98. The molecule has 8 atom stereocenters. The number of amides is 6. The molecule has 464 valence electrons. The monoisotopic (exact) mass is 1190 g/mol. The molecule has 6 bridgehead atoms. The number of esters is 2. The molecule has 86 heavy (non-hydrogen) atoms. The van der Waals surface area contributed by atoms with Gasteiger partial charge in [-0.1, -0.05) is 113 Å². The van der Waals surface area contributed by atoms with Crippen LogP contribution >= 0.6 is 0 Å². The number of rotatable bonds is 13. The zero-order valence-electron chi connectivity index (χ0n) is 51.3. The Labute approximate surface area is 504 Å². The molecular weight excluding hydrogens is 1100 g/mol. The summed E-state index contributed by atoms with van der Waals surface area (Å²) in [5, 5.41) is 23.1. The fourth-order valence-corrected chi connectivity index (χ4v) is 9.99. The molecule has 7 N–H and O–H groups in total. The van der Waals surface area contributed by atoms with Crippen LogP contribution < -0.4 is 32.1 Å². The van der Waals surface area contributed by atoms with Gasteiger partial charge in [-0.15, -0.1) is 0 Å². The van der Waals surface area contributed by atoms with Crippen LogP contribution in [0.15, 0.2) is 97.1 Å². The Morgan fingerprint density at radius 1 is 0.721 bits per heavy atom. The quantitative estimate of drug-likeness (QED) is 0.0502. The number of ether oxygens (including phenoxy) is 3. The molecule has 4 aliphatic rings. The highest BCUT2D eigenvalue weighted by Crippen LogP contribution is 2.27. The van der Waals surface area contributed by atoms with E-state index in [-0.39, 0.29) is 48.6 Å². The van der Waals surface area contributed by atoms with Crippen LogP contribution in [0.5, 0.6) is 0 Å². The van der Waals surface area contributed by atoms with Crippen molar-refractivity contribution in [2.75, 3.05) is 13.1 Å². The third-order valence-corrected chi connectivity index (χ3v) is 14.9. The maximum Gasteiger partial charge on any atom is 0.408 e. The minimum absolute atomic E-state index is 0.0575. The van der Waals surface area contributed by atoms with Gasteiger partial charge < -0.3 is 40.6 Å². The zero-order chi connectivity index (χ0) is 63.0. The van der Waals surface area contributed by atoms with E-state index in [9.17, 15) is 48.3 Å². The molecular formula is C65H86N8O13. The van der Waals surface area contributed by atoms with Crippen molar-refractivity contribution in [3.8, 4) is 22.3 Å². The summed E-state index contributed by atoms with van der Waals surface area (Å²) in [4.78, 5) is 114.